The highest BCUT2D eigenvalue weighted by Crippen LogP contribution is 2.30. The van der Waals surface area contributed by atoms with Crippen LogP contribution in [-0.4, -0.2) is 52.3 Å². The van der Waals surface area contributed by atoms with Crippen LogP contribution in [-0.2, 0) is 17.9 Å². The molecule has 0 radical (unpaired) electrons. The fourth-order valence-corrected chi connectivity index (χ4v) is 3.23. The molecule has 0 fully saturated rings. The SMILES string of the molecule is COc1cc(C)c(CN(C)C(=O)Cn2nnc(-c3ccsc3)n2)cc1OC. The largest absolute Gasteiger partial charge is 0.493 e. The van der Waals surface area contributed by atoms with E-state index in [2.05, 4.69) is 15.4 Å². The van der Waals surface area contributed by atoms with Crippen molar-refractivity contribution in [2.24, 2.45) is 0 Å². The summed E-state index contributed by atoms with van der Waals surface area (Å²) in [5.74, 6) is 1.71. The predicted octanol–water partition coefficient (Wildman–Crippen LogP) is 2.39. The number of amides is 1. The van der Waals surface area contributed by atoms with Crippen molar-refractivity contribution in [1.82, 2.24) is 25.1 Å². The summed E-state index contributed by atoms with van der Waals surface area (Å²) in [4.78, 5) is 15.5. The summed E-state index contributed by atoms with van der Waals surface area (Å²) in [6, 6.07) is 5.71. The van der Waals surface area contributed by atoms with Gasteiger partial charge in [-0.1, -0.05) is 0 Å². The second-order valence-corrected chi connectivity index (χ2v) is 6.82. The molecule has 142 valence electrons. The van der Waals surface area contributed by atoms with Crippen LogP contribution in [0.3, 0.4) is 0 Å². The minimum absolute atomic E-state index is 0.0278. The maximum absolute atomic E-state index is 12.5. The number of methoxy groups -OCH3 is 2. The molecule has 0 spiro atoms. The van der Waals surface area contributed by atoms with Crippen LogP contribution < -0.4 is 9.47 Å². The molecule has 2 heterocycles. The maximum Gasteiger partial charge on any atom is 0.246 e. The van der Waals surface area contributed by atoms with Gasteiger partial charge >= 0.3 is 0 Å². The average molecular weight is 387 g/mol. The molecule has 9 heteroatoms. The Balaban J connectivity index is 1.68. The van der Waals surface area contributed by atoms with Gasteiger partial charge in [-0.25, -0.2) is 0 Å². The fourth-order valence-electron chi connectivity index (χ4n) is 2.60. The Labute approximate surface area is 161 Å². The molecule has 3 rings (SSSR count). The number of hydrogen-bond acceptors (Lipinski definition) is 7. The van der Waals surface area contributed by atoms with E-state index in [-0.39, 0.29) is 12.5 Å². The number of benzene rings is 1. The van der Waals surface area contributed by atoms with Crippen molar-refractivity contribution in [3.63, 3.8) is 0 Å². The van der Waals surface area contributed by atoms with Gasteiger partial charge in [-0.05, 0) is 46.8 Å². The molecule has 2 aromatic heterocycles. The summed E-state index contributed by atoms with van der Waals surface area (Å²) >= 11 is 1.56. The van der Waals surface area contributed by atoms with Crippen molar-refractivity contribution in [2.75, 3.05) is 21.3 Å². The standard InChI is InChI=1S/C18H21N5O3S/c1-12-7-15(25-3)16(26-4)8-14(12)9-22(2)17(24)10-23-20-18(19-21-23)13-5-6-27-11-13/h5-8,11H,9-10H2,1-4H3. The van der Waals surface area contributed by atoms with Crippen molar-refractivity contribution in [3.8, 4) is 22.9 Å². The molecule has 0 aliphatic rings. The first-order chi connectivity index (χ1) is 13.0. The molecule has 8 nitrogen and oxygen atoms in total. The Morgan fingerprint density at radius 1 is 1.26 bits per heavy atom. The number of thiophene rings is 1. The van der Waals surface area contributed by atoms with E-state index in [0.29, 0.717) is 23.9 Å². The third-order valence-corrected chi connectivity index (χ3v) is 4.87. The van der Waals surface area contributed by atoms with Gasteiger partial charge in [-0.2, -0.15) is 16.1 Å². The number of carbonyl (C=O) groups is 1. The summed E-state index contributed by atoms with van der Waals surface area (Å²) in [7, 11) is 4.94. The first-order valence-electron chi connectivity index (χ1n) is 8.27. The zero-order valence-corrected chi connectivity index (χ0v) is 16.5. The van der Waals surface area contributed by atoms with E-state index in [9.17, 15) is 4.79 Å². The van der Waals surface area contributed by atoms with Gasteiger partial charge in [-0.3, -0.25) is 4.79 Å². The minimum Gasteiger partial charge on any atom is -0.493 e. The molecule has 0 bridgehead atoms. The molecule has 3 aromatic rings. The molecule has 0 N–H and O–H groups in total. The fraction of sp³-hybridized carbons (Fsp3) is 0.333. The van der Waals surface area contributed by atoms with Crippen molar-refractivity contribution in [1.29, 1.82) is 0 Å². The van der Waals surface area contributed by atoms with E-state index in [1.165, 1.54) is 4.80 Å². The molecule has 0 saturated carbocycles. The predicted molar refractivity (Wildman–Crippen MR) is 102 cm³/mol. The van der Waals surface area contributed by atoms with Crippen molar-refractivity contribution < 1.29 is 14.3 Å². The maximum atomic E-state index is 12.5. The topological polar surface area (TPSA) is 82.4 Å². The van der Waals surface area contributed by atoms with E-state index in [1.54, 1.807) is 37.5 Å². The highest BCUT2D eigenvalue weighted by atomic mass is 32.1. The van der Waals surface area contributed by atoms with Crippen molar-refractivity contribution in [2.45, 2.75) is 20.0 Å². The van der Waals surface area contributed by atoms with Crippen molar-refractivity contribution in [3.05, 3.63) is 40.1 Å². The third-order valence-electron chi connectivity index (χ3n) is 4.18. The quantitative estimate of drug-likeness (QED) is 0.619. The minimum atomic E-state index is -0.113. The molecule has 0 aliphatic heterocycles. The van der Waals surface area contributed by atoms with Crippen molar-refractivity contribution >= 4 is 17.2 Å². The Kier molecular flexibility index (Phi) is 5.70. The van der Waals surface area contributed by atoms with E-state index in [1.807, 2.05) is 35.9 Å². The molecule has 0 unspecified atom stereocenters. The number of aryl methyl sites for hydroxylation is 1. The van der Waals surface area contributed by atoms with Gasteiger partial charge in [0.1, 0.15) is 6.54 Å². The van der Waals surface area contributed by atoms with Gasteiger partial charge in [0.05, 0.1) is 14.2 Å². The summed E-state index contributed by atoms with van der Waals surface area (Å²) in [6.45, 7) is 2.44. The van der Waals surface area contributed by atoms with Gasteiger partial charge in [-0.15, -0.1) is 10.2 Å². The summed E-state index contributed by atoms with van der Waals surface area (Å²) in [6.07, 6.45) is 0. The number of nitrogens with zero attached hydrogens (tertiary/aromatic N) is 5. The average Bonchev–Trinajstić information content (AvgIpc) is 3.34. The second kappa shape index (κ2) is 8.17. The van der Waals surface area contributed by atoms with Gasteiger partial charge < -0.3 is 14.4 Å². The Morgan fingerprint density at radius 3 is 2.67 bits per heavy atom. The van der Waals surface area contributed by atoms with E-state index >= 15 is 0 Å². The smallest absolute Gasteiger partial charge is 0.246 e. The number of tetrazole rings is 1. The second-order valence-electron chi connectivity index (χ2n) is 6.04. The van der Waals surface area contributed by atoms with Crippen LogP contribution in [0.1, 0.15) is 11.1 Å². The van der Waals surface area contributed by atoms with E-state index in [0.717, 1.165) is 16.7 Å². The van der Waals surface area contributed by atoms with Gasteiger partial charge in [0.15, 0.2) is 11.5 Å². The van der Waals surface area contributed by atoms with Crippen LogP contribution in [0, 0.1) is 6.92 Å². The number of ether oxygens (including phenoxy) is 2. The van der Waals surface area contributed by atoms with Gasteiger partial charge in [0, 0.05) is 24.5 Å². The zero-order valence-electron chi connectivity index (χ0n) is 15.7. The lowest BCUT2D eigenvalue weighted by atomic mass is 10.1. The molecule has 0 atom stereocenters. The Hall–Kier alpha value is -2.94. The lowest BCUT2D eigenvalue weighted by Gasteiger charge is -2.19. The molecule has 0 saturated heterocycles. The van der Waals surface area contributed by atoms with Crippen LogP contribution in [0.15, 0.2) is 29.0 Å². The monoisotopic (exact) mass is 387 g/mol. The summed E-state index contributed by atoms with van der Waals surface area (Å²) < 4.78 is 10.7. The number of carbonyl (C=O) groups excluding carboxylic acids is 1. The number of rotatable bonds is 7. The lowest BCUT2D eigenvalue weighted by Crippen LogP contribution is -2.30. The number of aromatic nitrogens is 4. The molecular formula is C18H21N5O3S. The third kappa shape index (κ3) is 4.25. The van der Waals surface area contributed by atoms with E-state index < -0.39 is 0 Å². The van der Waals surface area contributed by atoms with E-state index in [4.69, 9.17) is 9.47 Å². The zero-order chi connectivity index (χ0) is 19.4. The van der Waals surface area contributed by atoms with Crippen LogP contribution in [0.25, 0.3) is 11.4 Å². The van der Waals surface area contributed by atoms with Crippen LogP contribution in [0.4, 0.5) is 0 Å². The molecule has 1 aromatic carbocycles. The molecule has 27 heavy (non-hydrogen) atoms. The summed E-state index contributed by atoms with van der Waals surface area (Å²) in [5, 5.41) is 16.1. The number of hydrogen-bond donors (Lipinski definition) is 0. The number of likely N-dealkylation sites (N-methyl/N-ethyl adjacent to an activating group) is 1. The van der Waals surface area contributed by atoms with Crippen LogP contribution in [0.5, 0.6) is 11.5 Å². The Morgan fingerprint density at radius 2 is 2.00 bits per heavy atom. The highest BCUT2D eigenvalue weighted by Gasteiger charge is 2.16. The molecule has 0 aliphatic carbocycles. The normalized spacial score (nSPS) is 10.7. The summed E-state index contributed by atoms with van der Waals surface area (Å²) in [5.41, 5.74) is 2.90. The lowest BCUT2D eigenvalue weighted by molar-refractivity contribution is -0.131. The van der Waals surface area contributed by atoms with Crippen LogP contribution in [0.2, 0.25) is 0 Å². The molecule has 1 amide bonds. The first-order valence-corrected chi connectivity index (χ1v) is 9.22. The highest BCUT2D eigenvalue weighted by molar-refractivity contribution is 7.08. The first kappa shape index (κ1) is 18.8. The van der Waals surface area contributed by atoms with Crippen LogP contribution >= 0.6 is 11.3 Å². The van der Waals surface area contributed by atoms with Gasteiger partial charge in [0.25, 0.3) is 0 Å². The Bertz CT molecular complexity index is 923. The molecular weight excluding hydrogens is 366 g/mol. The van der Waals surface area contributed by atoms with Gasteiger partial charge in [0.2, 0.25) is 11.7 Å².